The molecule has 0 atom stereocenters. The topological polar surface area (TPSA) is 50.1 Å². The summed E-state index contributed by atoms with van der Waals surface area (Å²) in [5, 5.41) is 8.99. The Kier molecular flexibility index (Phi) is 5.46. The summed E-state index contributed by atoms with van der Waals surface area (Å²) in [6.45, 7) is 2.08. The summed E-state index contributed by atoms with van der Waals surface area (Å²) in [6, 6.07) is 5.48. The minimum Gasteiger partial charge on any atom is -0.466 e. The highest BCUT2D eigenvalue weighted by atomic mass is 79.9. The van der Waals surface area contributed by atoms with Crippen LogP contribution in [-0.2, 0) is 21.8 Å². The molecule has 1 rings (SSSR count). The van der Waals surface area contributed by atoms with Gasteiger partial charge in [0.2, 0.25) is 0 Å². The molecule has 0 radical (unpaired) electrons. The standard InChI is InChI=1S/C12H11BrClNO2/c1-2-17-12(16)5-8-3-9(6-14)11(13)4-10(8)7-15/h3-4H,2,5-6H2,1H3. The number of carbonyl (C=O) groups is 1. The molecule has 0 aliphatic heterocycles. The van der Waals surface area contributed by atoms with Gasteiger partial charge in [-0.05, 0) is 24.1 Å². The summed E-state index contributed by atoms with van der Waals surface area (Å²) >= 11 is 9.10. The molecule has 0 aliphatic carbocycles. The molecule has 0 bridgehead atoms. The largest absolute Gasteiger partial charge is 0.466 e. The van der Waals surface area contributed by atoms with Crippen molar-refractivity contribution in [2.45, 2.75) is 19.2 Å². The molecule has 0 N–H and O–H groups in total. The first-order valence-corrected chi connectivity index (χ1v) is 6.38. The number of nitrogens with zero attached hydrogens (tertiary/aromatic N) is 1. The van der Waals surface area contributed by atoms with E-state index < -0.39 is 0 Å². The van der Waals surface area contributed by atoms with E-state index in [9.17, 15) is 4.79 Å². The Morgan fingerprint density at radius 2 is 2.24 bits per heavy atom. The molecule has 0 saturated carbocycles. The zero-order valence-electron chi connectivity index (χ0n) is 9.30. The van der Waals surface area contributed by atoms with Crippen molar-refractivity contribution in [1.82, 2.24) is 0 Å². The number of hydrogen-bond donors (Lipinski definition) is 0. The van der Waals surface area contributed by atoms with Crippen LogP contribution in [0.2, 0.25) is 0 Å². The van der Waals surface area contributed by atoms with Gasteiger partial charge < -0.3 is 4.74 Å². The van der Waals surface area contributed by atoms with Crippen molar-refractivity contribution in [3.63, 3.8) is 0 Å². The van der Waals surface area contributed by atoms with Crippen LogP contribution in [0.4, 0.5) is 0 Å². The van der Waals surface area contributed by atoms with Gasteiger partial charge in [0.1, 0.15) is 0 Å². The summed E-state index contributed by atoms with van der Waals surface area (Å²) in [5.41, 5.74) is 1.95. The molecule has 0 aromatic heterocycles. The maximum absolute atomic E-state index is 11.4. The van der Waals surface area contributed by atoms with Crippen LogP contribution >= 0.6 is 27.5 Å². The van der Waals surface area contributed by atoms with Crippen molar-refractivity contribution in [1.29, 1.82) is 5.26 Å². The lowest BCUT2D eigenvalue weighted by Crippen LogP contribution is -2.09. The molecule has 0 aliphatic rings. The van der Waals surface area contributed by atoms with Gasteiger partial charge in [-0.15, -0.1) is 11.6 Å². The third-order valence-corrected chi connectivity index (χ3v) is 3.20. The van der Waals surface area contributed by atoms with E-state index in [4.69, 9.17) is 21.6 Å². The van der Waals surface area contributed by atoms with E-state index in [1.54, 1.807) is 19.1 Å². The molecule has 1 aromatic carbocycles. The van der Waals surface area contributed by atoms with Crippen molar-refractivity contribution < 1.29 is 9.53 Å². The highest BCUT2D eigenvalue weighted by Gasteiger charge is 2.12. The molecule has 3 nitrogen and oxygen atoms in total. The lowest BCUT2D eigenvalue weighted by molar-refractivity contribution is -0.142. The van der Waals surface area contributed by atoms with Crippen LogP contribution in [0, 0.1) is 11.3 Å². The molecular weight excluding hydrogens is 305 g/mol. The van der Waals surface area contributed by atoms with Gasteiger partial charge in [-0.1, -0.05) is 22.0 Å². The predicted molar refractivity (Wildman–Crippen MR) is 68.8 cm³/mol. The molecule has 0 heterocycles. The number of nitriles is 1. The molecule has 0 fully saturated rings. The van der Waals surface area contributed by atoms with Crippen molar-refractivity contribution in [3.05, 3.63) is 33.3 Å². The van der Waals surface area contributed by atoms with Crippen LogP contribution < -0.4 is 0 Å². The highest BCUT2D eigenvalue weighted by molar-refractivity contribution is 9.10. The molecule has 5 heteroatoms. The zero-order chi connectivity index (χ0) is 12.8. The van der Waals surface area contributed by atoms with Gasteiger partial charge >= 0.3 is 5.97 Å². The molecule has 90 valence electrons. The summed E-state index contributed by atoms with van der Waals surface area (Å²) in [5.74, 6) is -0.0193. The van der Waals surface area contributed by atoms with E-state index in [1.807, 2.05) is 0 Å². The van der Waals surface area contributed by atoms with Crippen LogP contribution in [-0.4, -0.2) is 12.6 Å². The average molecular weight is 317 g/mol. The third kappa shape index (κ3) is 3.72. The fraction of sp³-hybridized carbons (Fsp3) is 0.333. The minimum atomic E-state index is -0.341. The Labute approximate surface area is 113 Å². The van der Waals surface area contributed by atoms with Gasteiger partial charge in [-0.2, -0.15) is 5.26 Å². The number of rotatable bonds is 4. The van der Waals surface area contributed by atoms with E-state index in [0.29, 0.717) is 23.6 Å². The Balaban J connectivity index is 3.05. The molecule has 0 amide bonds. The van der Waals surface area contributed by atoms with Crippen LogP contribution in [0.15, 0.2) is 16.6 Å². The number of esters is 1. The average Bonchev–Trinajstić information content (AvgIpc) is 2.31. The third-order valence-electron chi connectivity index (χ3n) is 2.18. The lowest BCUT2D eigenvalue weighted by Gasteiger charge is -2.08. The smallest absolute Gasteiger partial charge is 0.310 e. The van der Waals surface area contributed by atoms with Crippen LogP contribution in [0.3, 0.4) is 0 Å². The van der Waals surface area contributed by atoms with E-state index in [2.05, 4.69) is 22.0 Å². The molecule has 0 saturated heterocycles. The van der Waals surface area contributed by atoms with E-state index in [1.165, 1.54) is 0 Å². The van der Waals surface area contributed by atoms with Crippen molar-refractivity contribution in [3.8, 4) is 6.07 Å². The van der Waals surface area contributed by atoms with Gasteiger partial charge in [0, 0.05) is 10.4 Å². The Morgan fingerprint density at radius 1 is 1.53 bits per heavy atom. The molecule has 1 aromatic rings. The first kappa shape index (κ1) is 14.0. The number of alkyl halides is 1. The van der Waals surface area contributed by atoms with Crippen LogP contribution in [0.5, 0.6) is 0 Å². The van der Waals surface area contributed by atoms with Crippen molar-refractivity contribution in [2.75, 3.05) is 6.61 Å². The number of ether oxygens (including phenoxy) is 1. The van der Waals surface area contributed by atoms with E-state index >= 15 is 0 Å². The van der Waals surface area contributed by atoms with E-state index in [-0.39, 0.29) is 12.4 Å². The van der Waals surface area contributed by atoms with Gasteiger partial charge in [-0.3, -0.25) is 4.79 Å². The number of hydrogen-bond acceptors (Lipinski definition) is 3. The molecule has 0 unspecified atom stereocenters. The highest BCUT2D eigenvalue weighted by Crippen LogP contribution is 2.24. The monoisotopic (exact) mass is 315 g/mol. The Hall–Kier alpha value is -1.05. The first-order chi connectivity index (χ1) is 8.12. The van der Waals surface area contributed by atoms with Crippen molar-refractivity contribution in [2.24, 2.45) is 0 Å². The van der Waals surface area contributed by atoms with Crippen molar-refractivity contribution >= 4 is 33.5 Å². The number of benzene rings is 1. The number of halogens is 2. The second-order valence-electron chi connectivity index (χ2n) is 3.33. The second-order valence-corrected chi connectivity index (χ2v) is 4.45. The minimum absolute atomic E-state index is 0.0912. The summed E-state index contributed by atoms with van der Waals surface area (Å²) in [6.07, 6.45) is 0.0912. The normalized spacial score (nSPS) is 9.76. The fourth-order valence-corrected chi connectivity index (χ4v) is 2.26. The summed E-state index contributed by atoms with van der Waals surface area (Å²) in [4.78, 5) is 11.4. The molecule has 0 spiro atoms. The molecule has 17 heavy (non-hydrogen) atoms. The Bertz CT molecular complexity index is 468. The summed E-state index contributed by atoms with van der Waals surface area (Å²) in [7, 11) is 0. The van der Waals surface area contributed by atoms with Gasteiger partial charge in [-0.25, -0.2) is 0 Å². The van der Waals surface area contributed by atoms with Gasteiger partial charge in [0.25, 0.3) is 0 Å². The van der Waals surface area contributed by atoms with E-state index in [0.717, 1.165) is 10.0 Å². The maximum Gasteiger partial charge on any atom is 0.310 e. The lowest BCUT2D eigenvalue weighted by atomic mass is 10.0. The Morgan fingerprint density at radius 3 is 2.76 bits per heavy atom. The fourth-order valence-electron chi connectivity index (χ4n) is 1.39. The predicted octanol–water partition coefficient (Wildman–Crippen LogP) is 3.17. The maximum atomic E-state index is 11.4. The van der Waals surface area contributed by atoms with Gasteiger partial charge in [0.05, 0.1) is 24.7 Å². The van der Waals surface area contributed by atoms with Crippen LogP contribution in [0.1, 0.15) is 23.6 Å². The number of carbonyl (C=O) groups excluding carboxylic acids is 1. The van der Waals surface area contributed by atoms with Crippen LogP contribution in [0.25, 0.3) is 0 Å². The quantitative estimate of drug-likeness (QED) is 0.633. The first-order valence-electron chi connectivity index (χ1n) is 5.05. The zero-order valence-corrected chi connectivity index (χ0v) is 11.6. The van der Waals surface area contributed by atoms with Gasteiger partial charge in [0.15, 0.2) is 0 Å². The summed E-state index contributed by atoms with van der Waals surface area (Å²) < 4.78 is 5.63. The molecular formula is C12H11BrClNO2. The SMILES string of the molecule is CCOC(=O)Cc1cc(CCl)c(Br)cc1C#N. The second kappa shape index (κ2) is 6.63.